The molecule has 3 heteroatoms. The largest absolute Gasteiger partial charge is 0.509 e. The quantitative estimate of drug-likeness (QED) is 0.392. The number of hydrogen-bond donors (Lipinski definition) is 2. The highest BCUT2D eigenvalue weighted by molar-refractivity contribution is 7.80. The molecular weight excluding hydrogens is 131 g/mol. The molecule has 0 atom stereocenters. The van der Waals surface area contributed by atoms with E-state index in [2.05, 4.69) is 12.6 Å². The summed E-state index contributed by atoms with van der Waals surface area (Å²) in [5.41, 5.74) is 0.363. The number of rotatable bonds is 0. The van der Waals surface area contributed by atoms with Crippen molar-refractivity contribution in [3.8, 4) is 5.75 Å². The molecule has 0 saturated heterocycles. The molecule has 0 unspecified atom stereocenters. The van der Waals surface area contributed by atoms with Crippen molar-refractivity contribution in [1.29, 1.82) is 0 Å². The van der Waals surface area contributed by atoms with Crippen LogP contribution in [-0.4, -0.2) is 13.0 Å². The number of benzene rings is 1. The summed E-state index contributed by atoms with van der Waals surface area (Å²) >= 11 is 4.01. The molecule has 0 amide bonds. The van der Waals surface area contributed by atoms with Gasteiger partial charge in [-0.2, -0.15) is 0 Å². The van der Waals surface area contributed by atoms with Crippen LogP contribution in [0.15, 0.2) is 23.1 Å². The molecular formula is C6H5BOS. The predicted molar refractivity (Wildman–Crippen MR) is 40.7 cm³/mol. The Kier molecular flexibility index (Phi) is 1.71. The van der Waals surface area contributed by atoms with E-state index in [1.807, 2.05) is 0 Å². The average molecular weight is 136 g/mol. The summed E-state index contributed by atoms with van der Waals surface area (Å²) in [7, 11) is 5.32. The van der Waals surface area contributed by atoms with E-state index in [0.29, 0.717) is 5.46 Å². The van der Waals surface area contributed by atoms with Gasteiger partial charge in [-0.1, -0.05) is 11.5 Å². The summed E-state index contributed by atoms with van der Waals surface area (Å²) in [5, 5.41) is 8.88. The summed E-state index contributed by atoms with van der Waals surface area (Å²) in [6.07, 6.45) is 0. The highest BCUT2D eigenvalue weighted by atomic mass is 32.1. The molecule has 0 saturated carbocycles. The van der Waals surface area contributed by atoms with Crippen molar-refractivity contribution in [1.82, 2.24) is 0 Å². The van der Waals surface area contributed by atoms with Gasteiger partial charge < -0.3 is 5.11 Å². The lowest BCUT2D eigenvalue weighted by Gasteiger charge is -1.97. The maximum atomic E-state index is 8.88. The van der Waals surface area contributed by atoms with Crippen molar-refractivity contribution in [2.45, 2.75) is 4.90 Å². The van der Waals surface area contributed by atoms with Gasteiger partial charge in [-0.05, 0) is 12.1 Å². The SMILES string of the molecule is [B]c1cc(S)ccc1O. The fourth-order valence-corrected chi connectivity index (χ4v) is 0.756. The van der Waals surface area contributed by atoms with Gasteiger partial charge in [0.15, 0.2) is 0 Å². The zero-order valence-corrected chi connectivity index (χ0v) is 5.60. The molecule has 0 spiro atoms. The van der Waals surface area contributed by atoms with Crippen LogP contribution in [0.3, 0.4) is 0 Å². The van der Waals surface area contributed by atoms with Crippen LogP contribution in [0.25, 0.3) is 0 Å². The normalized spacial score (nSPS) is 9.44. The molecule has 0 fully saturated rings. The van der Waals surface area contributed by atoms with E-state index in [9.17, 15) is 0 Å². The van der Waals surface area contributed by atoms with Crippen molar-refractivity contribution in [2.24, 2.45) is 0 Å². The number of thiol groups is 1. The Hall–Kier alpha value is -0.565. The smallest absolute Gasteiger partial charge is 0.119 e. The molecule has 2 radical (unpaired) electrons. The van der Waals surface area contributed by atoms with Crippen LogP contribution in [0.4, 0.5) is 0 Å². The molecule has 1 aromatic rings. The number of phenolic OH excluding ortho intramolecular Hbond substituents is 1. The lowest BCUT2D eigenvalue weighted by molar-refractivity contribution is 0.479. The van der Waals surface area contributed by atoms with Crippen molar-refractivity contribution in [3.05, 3.63) is 18.2 Å². The first-order chi connectivity index (χ1) is 4.20. The first-order valence-electron chi connectivity index (χ1n) is 2.47. The lowest BCUT2D eigenvalue weighted by atomic mass is 9.95. The Bertz CT molecular complexity index is 224. The van der Waals surface area contributed by atoms with Gasteiger partial charge in [0.1, 0.15) is 13.6 Å². The molecule has 1 rings (SSSR count). The third-order valence-electron chi connectivity index (χ3n) is 1.01. The van der Waals surface area contributed by atoms with E-state index < -0.39 is 0 Å². The molecule has 0 aliphatic heterocycles. The number of hydrogen-bond acceptors (Lipinski definition) is 2. The van der Waals surface area contributed by atoms with Crippen LogP contribution >= 0.6 is 12.6 Å². The summed E-state index contributed by atoms with van der Waals surface area (Å²) in [5.74, 6) is 0.104. The lowest BCUT2D eigenvalue weighted by Crippen LogP contribution is -2.01. The highest BCUT2D eigenvalue weighted by Crippen LogP contribution is 2.08. The van der Waals surface area contributed by atoms with Gasteiger partial charge in [0.2, 0.25) is 0 Å². The maximum absolute atomic E-state index is 8.88. The van der Waals surface area contributed by atoms with Crippen molar-refractivity contribution >= 4 is 25.9 Å². The first-order valence-corrected chi connectivity index (χ1v) is 2.92. The molecule has 1 nitrogen and oxygen atoms in total. The van der Waals surface area contributed by atoms with E-state index in [1.54, 1.807) is 12.1 Å². The van der Waals surface area contributed by atoms with Gasteiger partial charge in [-0.25, -0.2) is 0 Å². The molecule has 0 aliphatic carbocycles. The second-order valence-electron chi connectivity index (χ2n) is 1.74. The topological polar surface area (TPSA) is 20.2 Å². The van der Waals surface area contributed by atoms with Crippen molar-refractivity contribution in [2.75, 3.05) is 0 Å². The van der Waals surface area contributed by atoms with Crippen LogP contribution < -0.4 is 5.46 Å². The summed E-state index contributed by atoms with van der Waals surface area (Å²) in [6.45, 7) is 0. The maximum Gasteiger partial charge on any atom is 0.119 e. The third-order valence-corrected chi connectivity index (χ3v) is 1.29. The Morgan fingerprint density at radius 2 is 2.11 bits per heavy atom. The number of phenols is 1. The molecule has 0 aliphatic rings. The van der Waals surface area contributed by atoms with Crippen LogP contribution in [0.2, 0.25) is 0 Å². The van der Waals surface area contributed by atoms with Gasteiger partial charge in [-0.3, -0.25) is 0 Å². The molecule has 0 aromatic heterocycles. The van der Waals surface area contributed by atoms with Crippen LogP contribution in [0.5, 0.6) is 5.75 Å². The minimum Gasteiger partial charge on any atom is -0.509 e. The van der Waals surface area contributed by atoms with Gasteiger partial charge in [0.25, 0.3) is 0 Å². The third kappa shape index (κ3) is 1.42. The van der Waals surface area contributed by atoms with Crippen molar-refractivity contribution < 1.29 is 5.11 Å². The van der Waals surface area contributed by atoms with E-state index in [-0.39, 0.29) is 5.75 Å². The molecule has 0 heterocycles. The average Bonchev–Trinajstić information content (AvgIpc) is 1.80. The number of aromatic hydroxyl groups is 1. The second kappa shape index (κ2) is 2.35. The summed E-state index contributed by atoms with van der Waals surface area (Å²) in [4.78, 5) is 0.755. The van der Waals surface area contributed by atoms with Gasteiger partial charge in [0, 0.05) is 4.90 Å². The Morgan fingerprint density at radius 3 is 2.56 bits per heavy atom. The monoisotopic (exact) mass is 136 g/mol. The second-order valence-corrected chi connectivity index (χ2v) is 2.26. The Labute approximate surface area is 60.5 Å². The first kappa shape index (κ1) is 6.55. The fourth-order valence-electron chi connectivity index (χ4n) is 0.542. The Balaban J connectivity index is 3.17. The van der Waals surface area contributed by atoms with Gasteiger partial charge in [-0.15, -0.1) is 12.6 Å². The predicted octanol–water partition coefficient (Wildman–Crippen LogP) is 0.475. The summed E-state index contributed by atoms with van der Waals surface area (Å²) in [6, 6.07) is 4.78. The van der Waals surface area contributed by atoms with E-state index in [4.69, 9.17) is 13.0 Å². The van der Waals surface area contributed by atoms with E-state index in [0.717, 1.165) is 4.90 Å². The van der Waals surface area contributed by atoms with Gasteiger partial charge >= 0.3 is 0 Å². The zero-order chi connectivity index (χ0) is 6.85. The molecule has 44 valence electrons. The highest BCUT2D eigenvalue weighted by Gasteiger charge is 1.91. The minimum absolute atomic E-state index is 0.104. The minimum atomic E-state index is 0.104. The molecule has 9 heavy (non-hydrogen) atoms. The standard InChI is InChI=1S/C6H5BOS/c7-5-3-4(9)1-2-6(5)8/h1-3,8-9H. The molecule has 1 N–H and O–H groups in total. The van der Waals surface area contributed by atoms with E-state index >= 15 is 0 Å². The van der Waals surface area contributed by atoms with Crippen LogP contribution in [0, 0.1) is 0 Å². The summed E-state index contributed by atoms with van der Waals surface area (Å²) < 4.78 is 0. The van der Waals surface area contributed by atoms with Crippen LogP contribution in [0.1, 0.15) is 0 Å². The fraction of sp³-hybridized carbons (Fsp3) is 0. The van der Waals surface area contributed by atoms with Crippen molar-refractivity contribution in [3.63, 3.8) is 0 Å². The van der Waals surface area contributed by atoms with Gasteiger partial charge in [0.05, 0.1) is 0 Å². The van der Waals surface area contributed by atoms with E-state index in [1.165, 1.54) is 6.07 Å². The zero-order valence-electron chi connectivity index (χ0n) is 4.70. The molecule has 1 aromatic carbocycles. The molecule has 0 bridgehead atoms. The van der Waals surface area contributed by atoms with Crippen LogP contribution in [-0.2, 0) is 0 Å². The Morgan fingerprint density at radius 1 is 1.44 bits per heavy atom.